The molecule has 0 aliphatic heterocycles. The first-order valence-corrected chi connectivity index (χ1v) is 7.36. The number of hydrogen-bond acceptors (Lipinski definition) is 3. The van der Waals surface area contributed by atoms with Crippen molar-refractivity contribution in [1.29, 1.82) is 0 Å². The van der Waals surface area contributed by atoms with Gasteiger partial charge in [-0.15, -0.1) is 0 Å². The summed E-state index contributed by atoms with van der Waals surface area (Å²) in [5, 5.41) is 15.5. The summed E-state index contributed by atoms with van der Waals surface area (Å²) >= 11 is 0. The Bertz CT molecular complexity index is 951. The van der Waals surface area contributed by atoms with E-state index in [1.54, 1.807) is 25.1 Å². The third-order valence-electron chi connectivity index (χ3n) is 3.68. The van der Waals surface area contributed by atoms with E-state index >= 15 is 0 Å². The van der Waals surface area contributed by atoms with Gasteiger partial charge in [-0.1, -0.05) is 36.4 Å². The molecule has 0 atom stereocenters. The van der Waals surface area contributed by atoms with Crippen molar-refractivity contribution in [3.63, 3.8) is 0 Å². The van der Waals surface area contributed by atoms with Gasteiger partial charge in [0.25, 0.3) is 5.91 Å². The second-order valence-electron chi connectivity index (χ2n) is 5.42. The number of carbonyl (C=O) groups is 1. The van der Waals surface area contributed by atoms with Crippen LogP contribution in [0.1, 0.15) is 21.5 Å². The van der Waals surface area contributed by atoms with Crippen LogP contribution in [0.5, 0.6) is 5.75 Å². The summed E-state index contributed by atoms with van der Waals surface area (Å²) in [6.07, 6.45) is 1.35. The molecule has 0 saturated carbocycles. The quantitative estimate of drug-likeness (QED) is 0.570. The van der Waals surface area contributed by atoms with E-state index in [9.17, 15) is 14.3 Å². The summed E-state index contributed by atoms with van der Waals surface area (Å²) in [4.78, 5) is 12.2. The van der Waals surface area contributed by atoms with Gasteiger partial charge < -0.3 is 5.11 Å². The number of phenolic OH excluding ortho intramolecular Hbond substituents is 1. The molecule has 0 unspecified atom stereocenters. The van der Waals surface area contributed by atoms with Crippen molar-refractivity contribution in [3.05, 3.63) is 77.1 Å². The van der Waals surface area contributed by atoms with Gasteiger partial charge in [-0.2, -0.15) is 5.10 Å². The second-order valence-corrected chi connectivity index (χ2v) is 5.42. The number of aromatic hydroxyl groups is 1. The molecule has 3 aromatic rings. The van der Waals surface area contributed by atoms with Crippen LogP contribution < -0.4 is 5.43 Å². The highest BCUT2D eigenvalue weighted by atomic mass is 19.1. The minimum atomic E-state index is -0.540. The van der Waals surface area contributed by atoms with Gasteiger partial charge in [0.1, 0.15) is 11.6 Å². The highest BCUT2D eigenvalue weighted by Crippen LogP contribution is 2.24. The minimum Gasteiger partial charge on any atom is -0.507 e. The van der Waals surface area contributed by atoms with E-state index < -0.39 is 5.91 Å². The van der Waals surface area contributed by atoms with Gasteiger partial charge in [0.2, 0.25) is 0 Å². The maximum Gasteiger partial charge on any atom is 0.275 e. The Labute approximate surface area is 138 Å². The molecule has 120 valence electrons. The molecular formula is C19H15FN2O2. The number of hydrazone groups is 1. The first-order valence-electron chi connectivity index (χ1n) is 7.36. The van der Waals surface area contributed by atoms with Crippen molar-refractivity contribution < 1.29 is 14.3 Å². The number of amides is 1. The highest BCUT2D eigenvalue weighted by Gasteiger charge is 2.11. The molecule has 0 saturated heterocycles. The van der Waals surface area contributed by atoms with Crippen molar-refractivity contribution in [1.82, 2.24) is 5.43 Å². The average Bonchev–Trinajstić information content (AvgIpc) is 2.57. The van der Waals surface area contributed by atoms with Crippen LogP contribution in [0.2, 0.25) is 0 Å². The third-order valence-corrected chi connectivity index (χ3v) is 3.68. The molecule has 4 nitrogen and oxygen atoms in total. The molecular weight excluding hydrogens is 307 g/mol. The van der Waals surface area contributed by atoms with E-state index in [1.807, 2.05) is 24.3 Å². The lowest BCUT2D eigenvalue weighted by atomic mass is 10.1. The Morgan fingerprint density at radius 2 is 1.83 bits per heavy atom. The number of halogens is 1. The number of rotatable bonds is 3. The van der Waals surface area contributed by atoms with Gasteiger partial charge in [-0.3, -0.25) is 4.79 Å². The Hall–Kier alpha value is -3.21. The fourth-order valence-corrected chi connectivity index (χ4v) is 2.33. The van der Waals surface area contributed by atoms with Crippen LogP contribution in [-0.2, 0) is 0 Å². The monoisotopic (exact) mass is 322 g/mol. The predicted molar refractivity (Wildman–Crippen MR) is 91.8 cm³/mol. The van der Waals surface area contributed by atoms with Crippen molar-refractivity contribution in [2.24, 2.45) is 5.10 Å². The van der Waals surface area contributed by atoms with Crippen LogP contribution in [0.25, 0.3) is 10.8 Å². The smallest absolute Gasteiger partial charge is 0.275 e. The molecule has 0 aliphatic carbocycles. The van der Waals surface area contributed by atoms with E-state index in [0.29, 0.717) is 11.1 Å². The van der Waals surface area contributed by atoms with Gasteiger partial charge in [-0.05, 0) is 47.0 Å². The Morgan fingerprint density at radius 3 is 2.54 bits per heavy atom. The van der Waals surface area contributed by atoms with Crippen LogP contribution in [0.4, 0.5) is 4.39 Å². The summed E-state index contributed by atoms with van der Waals surface area (Å²) in [5.41, 5.74) is 3.53. The van der Waals surface area contributed by atoms with Crippen LogP contribution in [0.3, 0.4) is 0 Å². The molecule has 0 aromatic heterocycles. The molecule has 0 fully saturated rings. The fourth-order valence-electron chi connectivity index (χ4n) is 2.33. The lowest BCUT2D eigenvalue weighted by Gasteiger charge is -2.05. The molecule has 0 aliphatic rings. The molecule has 0 heterocycles. The van der Waals surface area contributed by atoms with Crippen molar-refractivity contribution in [3.8, 4) is 5.75 Å². The van der Waals surface area contributed by atoms with Gasteiger partial charge in [0.05, 0.1) is 11.8 Å². The first kappa shape index (κ1) is 15.7. The van der Waals surface area contributed by atoms with Crippen molar-refractivity contribution in [2.75, 3.05) is 0 Å². The largest absolute Gasteiger partial charge is 0.507 e. The molecule has 0 radical (unpaired) electrons. The first-order chi connectivity index (χ1) is 11.5. The number of nitrogens with one attached hydrogen (secondary N) is 1. The zero-order valence-electron chi connectivity index (χ0n) is 13.0. The minimum absolute atomic E-state index is 0.122. The van der Waals surface area contributed by atoms with E-state index in [4.69, 9.17) is 0 Å². The van der Waals surface area contributed by atoms with Crippen molar-refractivity contribution >= 4 is 22.9 Å². The van der Waals surface area contributed by atoms with Gasteiger partial charge >= 0.3 is 0 Å². The number of hydrogen-bond donors (Lipinski definition) is 2. The van der Waals surface area contributed by atoms with Gasteiger partial charge in [0.15, 0.2) is 0 Å². The SMILES string of the molecule is Cc1ccc(/C=N/NC(=O)c2cc3ccccc3cc2O)cc1F. The molecule has 3 rings (SSSR count). The van der Waals surface area contributed by atoms with Crippen LogP contribution in [0.15, 0.2) is 59.7 Å². The number of benzene rings is 3. The summed E-state index contributed by atoms with van der Waals surface area (Å²) in [5.74, 6) is -0.998. The molecule has 0 spiro atoms. The Balaban J connectivity index is 1.78. The number of fused-ring (bicyclic) bond motifs is 1. The topological polar surface area (TPSA) is 61.7 Å². The molecule has 1 amide bonds. The highest BCUT2D eigenvalue weighted by molar-refractivity contribution is 6.01. The number of aryl methyl sites for hydroxylation is 1. The number of phenols is 1. The number of nitrogens with zero attached hydrogens (tertiary/aromatic N) is 1. The van der Waals surface area contributed by atoms with Crippen LogP contribution in [-0.4, -0.2) is 17.2 Å². The maximum absolute atomic E-state index is 13.4. The van der Waals surface area contributed by atoms with E-state index in [-0.39, 0.29) is 17.1 Å². The molecule has 0 bridgehead atoms. The van der Waals surface area contributed by atoms with Crippen molar-refractivity contribution in [2.45, 2.75) is 6.92 Å². The summed E-state index contributed by atoms with van der Waals surface area (Å²) in [7, 11) is 0. The van der Waals surface area contributed by atoms with Gasteiger partial charge in [-0.25, -0.2) is 9.82 Å². The summed E-state index contributed by atoms with van der Waals surface area (Å²) in [6.45, 7) is 1.67. The average molecular weight is 322 g/mol. The van der Waals surface area contributed by atoms with E-state index in [2.05, 4.69) is 10.5 Å². The summed E-state index contributed by atoms with van der Waals surface area (Å²) < 4.78 is 13.4. The fraction of sp³-hybridized carbons (Fsp3) is 0.0526. The Kier molecular flexibility index (Phi) is 4.24. The molecule has 3 aromatic carbocycles. The van der Waals surface area contributed by atoms with Crippen LogP contribution >= 0.6 is 0 Å². The zero-order valence-corrected chi connectivity index (χ0v) is 13.0. The predicted octanol–water partition coefficient (Wildman–Crippen LogP) is 3.76. The Morgan fingerprint density at radius 1 is 1.12 bits per heavy atom. The second kappa shape index (κ2) is 6.50. The molecule has 2 N–H and O–H groups in total. The lowest BCUT2D eigenvalue weighted by molar-refractivity contribution is 0.0952. The zero-order chi connectivity index (χ0) is 17.1. The standard InChI is InChI=1S/C19H15FN2O2/c1-12-6-7-13(8-17(12)20)11-21-22-19(24)16-9-14-4-2-3-5-15(14)10-18(16)23/h2-11,23H,1H3,(H,22,24)/b21-11+. The lowest BCUT2D eigenvalue weighted by Crippen LogP contribution is -2.17. The van der Waals surface area contributed by atoms with E-state index in [1.165, 1.54) is 18.3 Å². The molecule has 24 heavy (non-hydrogen) atoms. The van der Waals surface area contributed by atoms with Gasteiger partial charge in [0, 0.05) is 0 Å². The normalized spacial score (nSPS) is 11.1. The van der Waals surface area contributed by atoms with E-state index in [0.717, 1.165) is 10.8 Å². The maximum atomic E-state index is 13.4. The summed E-state index contributed by atoms with van der Waals surface area (Å²) in [6, 6.07) is 15.2. The number of carbonyl (C=O) groups excluding carboxylic acids is 1. The molecule has 5 heteroatoms. The third kappa shape index (κ3) is 3.25. The van der Waals surface area contributed by atoms with Crippen LogP contribution in [0, 0.1) is 12.7 Å².